The van der Waals surface area contributed by atoms with Crippen LogP contribution in [0.25, 0.3) is 16.9 Å². The fraction of sp³-hybridized carbons (Fsp3) is 0.133. The van der Waals surface area contributed by atoms with Crippen molar-refractivity contribution < 1.29 is 13.2 Å². The smallest absolute Gasteiger partial charge is 0.368 e. The molecule has 0 amide bonds. The molecule has 0 aliphatic carbocycles. The zero-order chi connectivity index (χ0) is 18.1. The van der Waals surface area contributed by atoms with Crippen LogP contribution in [0.1, 0.15) is 11.3 Å². The van der Waals surface area contributed by atoms with Gasteiger partial charge in [0.15, 0.2) is 11.3 Å². The van der Waals surface area contributed by atoms with Crippen LogP contribution in [0.4, 0.5) is 19.1 Å². The summed E-state index contributed by atoms with van der Waals surface area (Å²) < 4.78 is 39.6. The van der Waals surface area contributed by atoms with Crippen molar-refractivity contribution in [3.05, 3.63) is 59.0 Å². The van der Waals surface area contributed by atoms with E-state index in [2.05, 4.69) is 28.2 Å². The number of H-pyrrole nitrogens is 1. The predicted octanol–water partition coefficient (Wildman–Crippen LogP) is 2.80. The van der Waals surface area contributed by atoms with Crippen molar-refractivity contribution >= 4 is 11.5 Å². The minimum Gasteiger partial charge on any atom is -0.368 e. The third kappa shape index (κ3) is 3.00. The monoisotopic (exact) mass is 337 g/mol. The number of nitrogens with one attached hydrogen (secondary N) is 1. The van der Waals surface area contributed by atoms with Crippen molar-refractivity contribution in [3.8, 4) is 11.4 Å². The second-order valence-electron chi connectivity index (χ2n) is 4.70. The minimum atomic E-state index is -4.47. The van der Waals surface area contributed by atoms with E-state index in [-0.39, 0.29) is 22.9 Å². The number of nitrogens with two attached hydrogens (primary N) is 1. The number of benzene rings is 1. The third-order valence-corrected chi connectivity index (χ3v) is 3.14. The van der Waals surface area contributed by atoms with E-state index in [0.29, 0.717) is 5.69 Å². The largest absolute Gasteiger partial charge is 0.416 e. The van der Waals surface area contributed by atoms with Gasteiger partial charge in [-0.2, -0.15) is 13.2 Å². The first-order valence-electron chi connectivity index (χ1n) is 6.70. The van der Waals surface area contributed by atoms with E-state index in [1.54, 1.807) is 6.92 Å². The molecule has 0 atom stereocenters. The molecule has 0 bridgehead atoms. The number of hydrogen-bond acceptors (Lipinski definition) is 4. The normalized spacial score (nSPS) is 11.2. The summed E-state index contributed by atoms with van der Waals surface area (Å²) in [7, 11) is 0. The van der Waals surface area contributed by atoms with Crippen LogP contribution in [0.2, 0.25) is 0 Å². The first-order valence-corrected chi connectivity index (χ1v) is 6.70. The lowest BCUT2D eigenvalue weighted by Crippen LogP contribution is -2.16. The van der Waals surface area contributed by atoms with Crippen LogP contribution >= 0.6 is 0 Å². The molecule has 0 saturated heterocycles. The van der Waals surface area contributed by atoms with Crippen molar-refractivity contribution in [2.45, 2.75) is 13.1 Å². The van der Waals surface area contributed by atoms with E-state index in [4.69, 9.17) is 5.73 Å². The van der Waals surface area contributed by atoms with E-state index in [9.17, 15) is 18.0 Å². The van der Waals surface area contributed by atoms with E-state index in [0.717, 1.165) is 16.6 Å². The van der Waals surface area contributed by atoms with Gasteiger partial charge < -0.3 is 5.73 Å². The van der Waals surface area contributed by atoms with Gasteiger partial charge in [-0.15, -0.1) is 18.3 Å². The number of rotatable bonds is 1. The van der Waals surface area contributed by atoms with E-state index < -0.39 is 17.3 Å². The molecule has 6 nitrogen and oxygen atoms in total. The van der Waals surface area contributed by atoms with Crippen LogP contribution in [0, 0.1) is 6.92 Å². The Hall–Kier alpha value is -3.10. The molecular formula is C15H14F3N5O. The molecule has 0 spiro atoms. The number of nitrogen functional groups attached to an aromatic ring is 1. The Kier molecular flexibility index (Phi) is 4.45. The molecule has 0 aliphatic heterocycles. The summed E-state index contributed by atoms with van der Waals surface area (Å²) in [6, 6.07) is 4.64. The summed E-state index contributed by atoms with van der Waals surface area (Å²) in [5, 5.41) is 3.92. The highest BCUT2D eigenvalue weighted by Gasteiger charge is 2.31. The highest BCUT2D eigenvalue weighted by Crippen LogP contribution is 2.32. The zero-order valence-electron chi connectivity index (χ0n) is 12.7. The molecule has 2 aromatic heterocycles. The summed E-state index contributed by atoms with van der Waals surface area (Å²) in [5.74, 6) is -0.0282. The van der Waals surface area contributed by atoms with Gasteiger partial charge in [0.05, 0.1) is 11.3 Å². The minimum absolute atomic E-state index is 0.122. The van der Waals surface area contributed by atoms with Gasteiger partial charge in [-0.3, -0.25) is 9.78 Å². The number of aromatic amines is 1. The van der Waals surface area contributed by atoms with Gasteiger partial charge in [0.1, 0.15) is 0 Å². The molecule has 24 heavy (non-hydrogen) atoms. The summed E-state index contributed by atoms with van der Waals surface area (Å²) in [6.45, 7) is 7.57. The van der Waals surface area contributed by atoms with Crippen molar-refractivity contribution in [1.29, 1.82) is 0 Å². The Morgan fingerprint density at radius 2 is 1.96 bits per heavy atom. The van der Waals surface area contributed by atoms with Crippen LogP contribution in [-0.2, 0) is 6.18 Å². The van der Waals surface area contributed by atoms with Gasteiger partial charge in [-0.1, -0.05) is 12.1 Å². The summed E-state index contributed by atoms with van der Waals surface area (Å²) in [6.07, 6.45) is -4.47. The number of aryl methyl sites for hydroxylation is 1. The zero-order valence-corrected chi connectivity index (χ0v) is 12.7. The van der Waals surface area contributed by atoms with Gasteiger partial charge in [0.25, 0.3) is 5.56 Å². The highest BCUT2D eigenvalue weighted by molar-refractivity contribution is 5.64. The molecule has 0 aliphatic rings. The Labute approximate surface area is 134 Å². The predicted molar refractivity (Wildman–Crippen MR) is 84.4 cm³/mol. The van der Waals surface area contributed by atoms with Gasteiger partial charge in [0.2, 0.25) is 5.95 Å². The average molecular weight is 337 g/mol. The number of imidazole rings is 1. The van der Waals surface area contributed by atoms with Gasteiger partial charge in [0, 0.05) is 5.56 Å². The van der Waals surface area contributed by atoms with Crippen LogP contribution in [-0.4, -0.2) is 19.6 Å². The fourth-order valence-electron chi connectivity index (χ4n) is 2.21. The van der Waals surface area contributed by atoms with Gasteiger partial charge in [-0.25, -0.2) is 9.50 Å². The number of fused-ring (bicyclic) bond motifs is 1. The lowest BCUT2D eigenvalue weighted by molar-refractivity contribution is -0.137. The Balaban J connectivity index is 0.00000100. The molecule has 0 saturated carbocycles. The molecular weight excluding hydrogens is 323 g/mol. The van der Waals surface area contributed by atoms with Crippen molar-refractivity contribution in [2.75, 3.05) is 5.73 Å². The summed E-state index contributed by atoms with van der Waals surface area (Å²) >= 11 is 0. The number of alkyl halides is 3. The summed E-state index contributed by atoms with van der Waals surface area (Å²) in [4.78, 5) is 18.3. The Morgan fingerprint density at radius 1 is 1.29 bits per heavy atom. The quantitative estimate of drug-likeness (QED) is 0.668. The maximum atomic E-state index is 12.8. The lowest BCUT2D eigenvalue weighted by Gasteiger charge is -2.08. The number of aromatic nitrogens is 4. The van der Waals surface area contributed by atoms with E-state index >= 15 is 0 Å². The van der Waals surface area contributed by atoms with Crippen molar-refractivity contribution in [3.63, 3.8) is 0 Å². The SMILES string of the molecule is C=C.Cc1nc(-c2cccc(C(F)(F)F)c2)n2nc(N)[nH]c(=O)c12. The highest BCUT2D eigenvalue weighted by atomic mass is 19.4. The first kappa shape index (κ1) is 17.3. The molecule has 0 unspecified atom stereocenters. The molecule has 0 radical (unpaired) electrons. The number of nitrogens with zero attached hydrogens (tertiary/aromatic N) is 3. The topological polar surface area (TPSA) is 89.1 Å². The maximum absolute atomic E-state index is 12.8. The van der Waals surface area contributed by atoms with Crippen LogP contribution in [0.5, 0.6) is 0 Å². The first-order chi connectivity index (χ1) is 11.3. The maximum Gasteiger partial charge on any atom is 0.416 e. The molecule has 3 N–H and O–H groups in total. The lowest BCUT2D eigenvalue weighted by atomic mass is 10.1. The van der Waals surface area contributed by atoms with E-state index in [1.165, 1.54) is 12.1 Å². The number of hydrogen-bond donors (Lipinski definition) is 2. The summed E-state index contributed by atoms with van der Waals surface area (Å²) in [5.41, 5.74) is 4.85. The molecule has 126 valence electrons. The molecule has 3 aromatic rings. The van der Waals surface area contributed by atoms with Crippen LogP contribution in [0.15, 0.2) is 42.2 Å². The van der Waals surface area contributed by atoms with E-state index in [1.807, 2.05) is 0 Å². The molecule has 2 heterocycles. The Bertz CT molecular complexity index is 942. The number of halogens is 3. The molecule has 9 heteroatoms. The van der Waals surface area contributed by atoms with Crippen molar-refractivity contribution in [1.82, 2.24) is 19.6 Å². The molecule has 0 fully saturated rings. The average Bonchev–Trinajstić information content (AvgIpc) is 2.85. The van der Waals surface area contributed by atoms with Crippen LogP contribution < -0.4 is 11.3 Å². The number of anilines is 1. The third-order valence-electron chi connectivity index (χ3n) is 3.14. The molecule has 3 rings (SSSR count). The Morgan fingerprint density at radius 3 is 2.58 bits per heavy atom. The van der Waals surface area contributed by atoms with Crippen molar-refractivity contribution in [2.24, 2.45) is 0 Å². The van der Waals surface area contributed by atoms with Crippen LogP contribution in [0.3, 0.4) is 0 Å². The fourth-order valence-corrected chi connectivity index (χ4v) is 2.21. The standard InChI is InChI=1S/C13H10F3N5O.C2H4/c1-6-9-11(22)19-12(17)20-21(9)10(18-6)7-3-2-4-8(5-7)13(14,15)16;1-2/h2-5H,1H3,(H3,17,19,20,22);1-2H2. The molecule has 1 aromatic carbocycles. The van der Waals surface area contributed by atoms with Gasteiger partial charge >= 0.3 is 6.18 Å². The second kappa shape index (κ2) is 6.19. The second-order valence-corrected chi connectivity index (χ2v) is 4.70. The van der Waals surface area contributed by atoms with Gasteiger partial charge in [-0.05, 0) is 19.1 Å².